The minimum absolute atomic E-state index is 0.198. The third kappa shape index (κ3) is 5.34. The number of rotatable bonds is 12. The van der Waals surface area contributed by atoms with Crippen molar-refractivity contribution < 1.29 is 9.59 Å². The molecule has 0 saturated carbocycles. The topological polar surface area (TPSA) is 102 Å². The number of carbonyl (C=O) groups is 2. The van der Waals surface area contributed by atoms with Crippen LogP contribution < -0.4 is 11.5 Å². The molecule has 0 bridgehead atoms. The average Bonchev–Trinajstić information content (AvgIpc) is 3.16. The first-order valence-corrected chi connectivity index (χ1v) is 13.1. The van der Waals surface area contributed by atoms with Crippen LogP contribution in [0.25, 0.3) is 21.8 Å². The second-order valence-electron chi connectivity index (χ2n) is 7.49. The smallest absolute Gasteiger partial charge is 0.182 e. The Labute approximate surface area is 192 Å². The van der Waals surface area contributed by atoms with E-state index in [9.17, 15) is 9.59 Å². The summed E-state index contributed by atoms with van der Waals surface area (Å²) in [6.45, 7) is 4.16. The van der Waals surface area contributed by atoms with E-state index in [2.05, 4.69) is 18.8 Å². The molecule has 0 aliphatic heterocycles. The van der Waals surface area contributed by atoms with E-state index in [1.54, 1.807) is 29.6 Å². The minimum Gasteiger partial charge on any atom is -0.354 e. The normalized spacial score (nSPS) is 13.5. The molecule has 0 saturated heterocycles. The van der Waals surface area contributed by atoms with Crippen molar-refractivity contribution in [2.24, 2.45) is 11.5 Å². The maximum Gasteiger partial charge on any atom is 0.182 e. The molecule has 1 aromatic heterocycles. The number of para-hydroxylation sites is 1. The van der Waals surface area contributed by atoms with E-state index in [-0.39, 0.29) is 11.6 Å². The SMILES string of the molecule is CCSCC[C@H](N)C(=O)c1ccc2c([nH]c3ccccc32)c1C(=O)[C@@H](N)CCSCC. The number of H-pyrrole nitrogens is 1. The van der Waals surface area contributed by atoms with Crippen LogP contribution in [0.2, 0.25) is 0 Å². The third-order valence-electron chi connectivity index (χ3n) is 5.42. The maximum atomic E-state index is 13.5. The van der Waals surface area contributed by atoms with E-state index >= 15 is 0 Å². The van der Waals surface area contributed by atoms with Crippen LogP contribution in [0.4, 0.5) is 0 Å². The summed E-state index contributed by atoms with van der Waals surface area (Å²) < 4.78 is 0. The molecule has 0 aliphatic rings. The Morgan fingerprint density at radius 2 is 1.48 bits per heavy atom. The molecule has 31 heavy (non-hydrogen) atoms. The third-order valence-corrected chi connectivity index (χ3v) is 7.29. The van der Waals surface area contributed by atoms with Gasteiger partial charge in [0.15, 0.2) is 11.6 Å². The number of aromatic nitrogens is 1. The van der Waals surface area contributed by atoms with E-state index in [0.717, 1.165) is 39.3 Å². The summed E-state index contributed by atoms with van der Waals surface area (Å²) in [7, 11) is 0. The number of carbonyl (C=O) groups excluding carboxylic acids is 2. The summed E-state index contributed by atoms with van der Waals surface area (Å²) >= 11 is 3.51. The molecule has 3 rings (SSSR count). The highest BCUT2D eigenvalue weighted by Gasteiger charge is 2.28. The van der Waals surface area contributed by atoms with Crippen molar-refractivity contribution in [3.05, 3.63) is 47.5 Å². The van der Waals surface area contributed by atoms with Crippen LogP contribution in [0.3, 0.4) is 0 Å². The van der Waals surface area contributed by atoms with Crippen molar-refractivity contribution in [3.8, 4) is 0 Å². The molecule has 2 atom stereocenters. The van der Waals surface area contributed by atoms with Gasteiger partial charge in [-0.25, -0.2) is 0 Å². The predicted molar refractivity (Wildman–Crippen MR) is 136 cm³/mol. The summed E-state index contributed by atoms with van der Waals surface area (Å²) in [6, 6.07) is 10.2. The van der Waals surface area contributed by atoms with Crippen molar-refractivity contribution in [2.75, 3.05) is 23.0 Å². The number of fused-ring (bicyclic) bond motifs is 3. The van der Waals surface area contributed by atoms with Crippen molar-refractivity contribution in [1.29, 1.82) is 0 Å². The van der Waals surface area contributed by atoms with Crippen LogP contribution in [-0.2, 0) is 0 Å². The van der Waals surface area contributed by atoms with Crippen molar-refractivity contribution in [1.82, 2.24) is 4.98 Å². The lowest BCUT2D eigenvalue weighted by atomic mass is 9.90. The lowest BCUT2D eigenvalue weighted by Gasteiger charge is -2.17. The molecule has 0 aliphatic carbocycles. The maximum absolute atomic E-state index is 13.5. The summed E-state index contributed by atoms with van der Waals surface area (Å²) in [6.07, 6.45) is 1.15. The van der Waals surface area contributed by atoms with Gasteiger partial charge in [0, 0.05) is 21.9 Å². The second kappa shape index (κ2) is 11.2. The first-order chi connectivity index (χ1) is 15.0. The van der Waals surface area contributed by atoms with E-state index in [4.69, 9.17) is 11.5 Å². The fourth-order valence-corrected chi connectivity index (χ4v) is 5.16. The van der Waals surface area contributed by atoms with Gasteiger partial charge in [0.1, 0.15) is 0 Å². The van der Waals surface area contributed by atoms with E-state index < -0.39 is 12.1 Å². The summed E-state index contributed by atoms with van der Waals surface area (Å²) in [4.78, 5) is 30.1. The van der Waals surface area contributed by atoms with Gasteiger partial charge in [-0.2, -0.15) is 23.5 Å². The molecular weight excluding hydrogens is 426 g/mol. The first kappa shape index (κ1) is 23.9. The summed E-state index contributed by atoms with van der Waals surface area (Å²) in [5.74, 6) is 3.18. The van der Waals surface area contributed by atoms with E-state index in [1.807, 2.05) is 30.3 Å². The Bertz CT molecular complexity index is 1060. The Hall–Kier alpha value is -1.80. The summed E-state index contributed by atoms with van der Waals surface area (Å²) in [5, 5.41) is 1.94. The zero-order valence-electron chi connectivity index (χ0n) is 18.1. The fourth-order valence-electron chi connectivity index (χ4n) is 3.74. The Kier molecular flexibility index (Phi) is 8.60. The number of nitrogens with one attached hydrogen (secondary N) is 1. The summed E-state index contributed by atoms with van der Waals surface area (Å²) in [5.41, 5.74) is 14.9. The average molecular weight is 458 g/mol. The molecule has 7 heteroatoms. The van der Waals surface area contributed by atoms with Gasteiger partial charge in [0.25, 0.3) is 0 Å². The van der Waals surface area contributed by atoms with Gasteiger partial charge in [-0.05, 0) is 48.0 Å². The molecule has 1 heterocycles. The largest absolute Gasteiger partial charge is 0.354 e. The van der Waals surface area contributed by atoms with Gasteiger partial charge in [-0.1, -0.05) is 38.1 Å². The van der Waals surface area contributed by atoms with Gasteiger partial charge in [-0.15, -0.1) is 0 Å². The molecule has 0 spiro atoms. The Morgan fingerprint density at radius 1 is 0.871 bits per heavy atom. The molecule has 2 aromatic carbocycles. The van der Waals surface area contributed by atoms with Crippen LogP contribution in [0.15, 0.2) is 36.4 Å². The van der Waals surface area contributed by atoms with Gasteiger partial charge in [0.2, 0.25) is 0 Å². The quantitative estimate of drug-likeness (QED) is 0.271. The van der Waals surface area contributed by atoms with Crippen LogP contribution in [0, 0.1) is 0 Å². The highest BCUT2D eigenvalue weighted by Crippen LogP contribution is 2.31. The molecule has 5 nitrogen and oxygen atoms in total. The second-order valence-corrected chi connectivity index (χ2v) is 10.3. The number of hydrogen-bond donors (Lipinski definition) is 3. The first-order valence-electron chi connectivity index (χ1n) is 10.8. The highest BCUT2D eigenvalue weighted by molar-refractivity contribution is 7.99. The number of aromatic amines is 1. The lowest BCUT2D eigenvalue weighted by Crippen LogP contribution is -2.36. The fraction of sp³-hybridized carbons (Fsp3) is 0.417. The highest BCUT2D eigenvalue weighted by atomic mass is 32.2. The standard InChI is InChI=1S/C24H31N3O2S2/c1-3-30-13-11-18(25)23(28)17-10-9-16-15-7-5-6-8-20(15)27-22(16)21(17)24(29)19(26)12-14-31-4-2/h5-10,18-19,27H,3-4,11-14,25-26H2,1-2H3/t18-,19-/m0/s1. The molecule has 0 unspecified atom stereocenters. The van der Waals surface area contributed by atoms with Gasteiger partial charge < -0.3 is 16.5 Å². The number of Topliss-reactive ketones (excluding diaryl/α,β-unsaturated/α-hetero) is 2. The van der Waals surface area contributed by atoms with Gasteiger partial charge >= 0.3 is 0 Å². The predicted octanol–water partition coefficient (Wildman–Crippen LogP) is 4.63. The molecule has 0 fully saturated rings. The zero-order valence-corrected chi connectivity index (χ0v) is 19.8. The number of nitrogens with two attached hydrogens (primary N) is 2. The monoisotopic (exact) mass is 457 g/mol. The molecule has 0 radical (unpaired) electrons. The van der Waals surface area contributed by atoms with Crippen LogP contribution in [0.1, 0.15) is 47.4 Å². The molecule has 3 aromatic rings. The van der Waals surface area contributed by atoms with E-state index in [0.29, 0.717) is 29.5 Å². The zero-order chi connectivity index (χ0) is 22.4. The molecule has 0 amide bonds. The van der Waals surface area contributed by atoms with Crippen molar-refractivity contribution in [2.45, 2.75) is 38.8 Å². The molecular formula is C24H31N3O2S2. The lowest BCUT2D eigenvalue weighted by molar-refractivity contribution is 0.0928. The molecule has 166 valence electrons. The number of hydrogen-bond acceptors (Lipinski definition) is 6. The van der Waals surface area contributed by atoms with Crippen molar-refractivity contribution in [3.63, 3.8) is 0 Å². The number of benzene rings is 2. The number of thioether (sulfide) groups is 2. The van der Waals surface area contributed by atoms with Crippen LogP contribution in [-0.4, -0.2) is 51.6 Å². The Morgan fingerprint density at radius 3 is 2.13 bits per heavy atom. The number of ketones is 2. The Balaban J connectivity index is 2.06. The van der Waals surface area contributed by atoms with Crippen LogP contribution in [0.5, 0.6) is 0 Å². The minimum atomic E-state index is -0.658. The van der Waals surface area contributed by atoms with E-state index in [1.165, 1.54) is 0 Å². The van der Waals surface area contributed by atoms with Crippen LogP contribution >= 0.6 is 23.5 Å². The molecule has 5 N–H and O–H groups in total. The van der Waals surface area contributed by atoms with Gasteiger partial charge in [-0.3, -0.25) is 9.59 Å². The van der Waals surface area contributed by atoms with Gasteiger partial charge in [0.05, 0.1) is 23.2 Å². The van der Waals surface area contributed by atoms with Crippen molar-refractivity contribution >= 4 is 56.9 Å².